The van der Waals surface area contributed by atoms with Gasteiger partial charge in [-0.15, -0.1) is 0 Å². The van der Waals surface area contributed by atoms with E-state index in [0.29, 0.717) is 44.1 Å². The van der Waals surface area contributed by atoms with Crippen LogP contribution < -0.4 is 14.8 Å². The molecule has 4 aromatic rings. The minimum Gasteiger partial charge on any atom is -0.493 e. The number of aromatic amines is 1. The minimum atomic E-state index is -5.01. The van der Waals surface area contributed by atoms with Gasteiger partial charge in [-0.05, 0) is 43.8 Å². The van der Waals surface area contributed by atoms with Crippen molar-refractivity contribution in [2.24, 2.45) is 0 Å². The van der Waals surface area contributed by atoms with E-state index in [1.807, 2.05) is 24.3 Å². The zero-order valence-electron chi connectivity index (χ0n) is 23.0. The van der Waals surface area contributed by atoms with E-state index in [2.05, 4.69) is 36.9 Å². The molecule has 4 rings (SSSR count). The average Bonchev–Trinajstić information content (AvgIpc) is 3.54. The summed E-state index contributed by atoms with van der Waals surface area (Å²) in [6.07, 6.45) is -0.488. The van der Waals surface area contributed by atoms with Crippen LogP contribution in [0.1, 0.15) is 6.42 Å². The molecule has 0 unspecified atom stereocenters. The summed E-state index contributed by atoms with van der Waals surface area (Å²) in [5.41, 5.74) is 3.73. The summed E-state index contributed by atoms with van der Waals surface area (Å²) in [6, 6.07) is 9.89. The third-order valence-corrected chi connectivity index (χ3v) is 6.71. The van der Waals surface area contributed by atoms with Gasteiger partial charge in [-0.25, -0.2) is 9.78 Å². The largest absolute Gasteiger partial charge is 0.493 e. The SMILES string of the molecule is COc1cc2c(-c3cc4cccnc4[nH]3)cn(CCNCCCN(CCO)CCOC(=O)C(F)(F)F)c2cc1OC. The molecule has 0 atom stereocenters. The van der Waals surface area contributed by atoms with Gasteiger partial charge < -0.3 is 34.2 Å². The number of pyridine rings is 1. The summed E-state index contributed by atoms with van der Waals surface area (Å²) in [7, 11) is 3.21. The van der Waals surface area contributed by atoms with E-state index < -0.39 is 18.8 Å². The summed E-state index contributed by atoms with van der Waals surface area (Å²) in [5, 5.41) is 14.7. The van der Waals surface area contributed by atoms with Crippen LogP contribution in [-0.2, 0) is 16.1 Å². The molecule has 41 heavy (non-hydrogen) atoms. The number of esters is 1. The highest BCUT2D eigenvalue weighted by atomic mass is 19.4. The second-order valence-electron chi connectivity index (χ2n) is 9.39. The number of carbonyl (C=O) groups is 1. The molecular weight excluding hydrogens is 543 g/mol. The van der Waals surface area contributed by atoms with Crippen molar-refractivity contribution in [3.63, 3.8) is 0 Å². The van der Waals surface area contributed by atoms with Crippen LogP contribution in [0, 0.1) is 0 Å². The number of hydrogen-bond donors (Lipinski definition) is 3. The lowest BCUT2D eigenvalue weighted by Gasteiger charge is -2.21. The smallest absolute Gasteiger partial charge is 0.490 e. The number of aliphatic hydroxyl groups is 1. The Morgan fingerprint density at radius 2 is 1.90 bits per heavy atom. The van der Waals surface area contributed by atoms with E-state index in [-0.39, 0.29) is 19.7 Å². The molecule has 0 radical (unpaired) electrons. The van der Waals surface area contributed by atoms with Crippen molar-refractivity contribution < 1.29 is 37.3 Å². The van der Waals surface area contributed by atoms with Gasteiger partial charge in [0, 0.05) is 66.7 Å². The average molecular weight is 578 g/mol. The summed E-state index contributed by atoms with van der Waals surface area (Å²) >= 11 is 0. The normalized spacial score (nSPS) is 12.0. The van der Waals surface area contributed by atoms with Crippen LogP contribution >= 0.6 is 0 Å². The number of rotatable bonds is 15. The molecule has 0 saturated carbocycles. The quantitative estimate of drug-likeness (QED) is 0.145. The Labute approximate surface area is 235 Å². The molecule has 0 fully saturated rings. The Morgan fingerprint density at radius 1 is 1.12 bits per heavy atom. The van der Waals surface area contributed by atoms with E-state index in [1.165, 1.54) is 0 Å². The fourth-order valence-corrected chi connectivity index (χ4v) is 4.70. The van der Waals surface area contributed by atoms with Crippen LogP contribution in [0.2, 0.25) is 0 Å². The number of nitrogens with zero attached hydrogens (tertiary/aromatic N) is 3. The number of fused-ring (bicyclic) bond motifs is 2. The van der Waals surface area contributed by atoms with E-state index in [9.17, 15) is 23.1 Å². The van der Waals surface area contributed by atoms with Gasteiger partial charge in [-0.2, -0.15) is 13.2 Å². The lowest BCUT2D eigenvalue weighted by Crippen LogP contribution is -2.35. The predicted molar refractivity (Wildman–Crippen MR) is 148 cm³/mol. The molecule has 0 amide bonds. The molecule has 3 N–H and O–H groups in total. The number of carbonyl (C=O) groups excluding carboxylic acids is 1. The molecule has 10 nitrogen and oxygen atoms in total. The Balaban J connectivity index is 1.37. The first-order valence-electron chi connectivity index (χ1n) is 13.2. The van der Waals surface area contributed by atoms with Gasteiger partial charge in [0.2, 0.25) is 0 Å². The van der Waals surface area contributed by atoms with Gasteiger partial charge in [0.25, 0.3) is 0 Å². The predicted octanol–water partition coefficient (Wildman–Crippen LogP) is 3.58. The Bertz CT molecular complexity index is 1420. The van der Waals surface area contributed by atoms with Gasteiger partial charge in [-0.1, -0.05) is 0 Å². The van der Waals surface area contributed by atoms with Gasteiger partial charge >= 0.3 is 12.1 Å². The van der Waals surface area contributed by atoms with E-state index in [4.69, 9.17) is 9.47 Å². The van der Waals surface area contributed by atoms with Crippen molar-refractivity contribution in [2.45, 2.75) is 19.1 Å². The van der Waals surface area contributed by atoms with Gasteiger partial charge in [0.05, 0.1) is 26.3 Å². The standard InChI is InChI=1S/C28H34F3N5O5/c1-39-24-16-20-21(22-15-19-5-3-7-33-26(19)34-22)18-36(23(20)17-25(24)40-2)10-8-32-6-4-9-35(11-13-37)12-14-41-27(38)28(29,30)31/h3,5,7,15-18,32,37H,4,6,8-14H2,1-2H3,(H,33,34). The van der Waals surface area contributed by atoms with E-state index in [1.54, 1.807) is 25.3 Å². The summed E-state index contributed by atoms with van der Waals surface area (Å²) in [5.74, 6) is -0.949. The van der Waals surface area contributed by atoms with Crippen LogP contribution in [0.3, 0.4) is 0 Å². The molecule has 3 heterocycles. The van der Waals surface area contributed by atoms with Gasteiger partial charge in [0.15, 0.2) is 11.5 Å². The summed E-state index contributed by atoms with van der Waals surface area (Å²) in [6.45, 7) is 2.35. The van der Waals surface area contributed by atoms with E-state index in [0.717, 1.165) is 33.2 Å². The van der Waals surface area contributed by atoms with Crippen LogP contribution in [0.5, 0.6) is 11.5 Å². The van der Waals surface area contributed by atoms with Crippen molar-refractivity contribution in [2.75, 3.05) is 60.2 Å². The molecule has 0 saturated heterocycles. The fraction of sp³-hybridized carbons (Fsp3) is 0.429. The van der Waals surface area contributed by atoms with Crippen molar-refractivity contribution in [1.82, 2.24) is 24.8 Å². The molecule has 0 aliphatic carbocycles. The number of alkyl halides is 3. The maximum absolute atomic E-state index is 12.3. The molecule has 13 heteroatoms. The third kappa shape index (κ3) is 7.48. The van der Waals surface area contributed by atoms with Crippen molar-refractivity contribution >= 4 is 27.9 Å². The first-order valence-corrected chi connectivity index (χ1v) is 13.2. The highest BCUT2D eigenvalue weighted by molar-refractivity contribution is 5.99. The molecule has 222 valence electrons. The van der Waals surface area contributed by atoms with Crippen LogP contribution in [0.15, 0.2) is 42.7 Å². The van der Waals surface area contributed by atoms with Crippen molar-refractivity contribution in [1.29, 1.82) is 0 Å². The van der Waals surface area contributed by atoms with Gasteiger partial charge in [-0.3, -0.25) is 4.90 Å². The topological polar surface area (TPSA) is 114 Å². The second kappa shape index (κ2) is 13.7. The third-order valence-electron chi connectivity index (χ3n) is 6.71. The maximum atomic E-state index is 12.3. The van der Waals surface area contributed by atoms with Crippen LogP contribution in [0.25, 0.3) is 33.2 Å². The monoisotopic (exact) mass is 577 g/mol. The first-order chi connectivity index (χ1) is 19.7. The second-order valence-corrected chi connectivity index (χ2v) is 9.39. The number of H-pyrrole nitrogens is 1. The highest BCUT2D eigenvalue weighted by Gasteiger charge is 2.40. The summed E-state index contributed by atoms with van der Waals surface area (Å²) < 4.78 is 54.4. The van der Waals surface area contributed by atoms with E-state index >= 15 is 0 Å². The Hall–Kier alpha value is -3.81. The number of benzene rings is 1. The number of ether oxygens (including phenoxy) is 3. The van der Waals surface area contributed by atoms with Crippen LogP contribution in [-0.4, -0.2) is 96.8 Å². The molecule has 3 aromatic heterocycles. The number of aromatic nitrogens is 3. The maximum Gasteiger partial charge on any atom is 0.490 e. The fourth-order valence-electron chi connectivity index (χ4n) is 4.70. The lowest BCUT2D eigenvalue weighted by atomic mass is 10.1. The molecule has 0 spiro atoms. The first kappa shape index (κ1) is 30.2. The number of methoxy groups -OCH3 is 2. The Kier molecular flexibility index (Phi) is 10.1. The molecular formula is C28H34F3N5O5. The Morgan fingerprint density at radius 3 is 2.61 bits per heavy atom. The lowest BCUT2D eigenvalue weighted by molar-refractivity contribution is -0.200. The number of nitrogens with one attached hydrogen (secondary N) is 2. The molecule has 0 aliphatic rings. The molecule has 1 aromatic carbocycles. The van der Waals surface area contributed by atoms with Gasteiger partial charge in [0.1, 0.15) is 12.3 Å². The van der Waals surface area contributed by atoms with Crippen molar-refractivity contribution in [3.05, 3.63) is 42.7 Å². The number of aliphatic hydroxyl groups excluding tert-OH is 1. The zero-order chi connectivity index (χ0) is 29.4. The highest BCUT2D eigenvalue weighted by Crippen LogP contribution is 2.38. The zero-order valence-corrected chi connectivity index (χ0v) is 23.0. The van der Waals surface area contributed by atoms with Crippen molar-refractivity contribution in [3.8, 4) is 22.8 Å². The summed E-state index contributed by atoms with van der Waals surface area (Å²) in [4.78, 5) is 20.4. The number of halogens is 3. The molecule has 0 aliphatic heterocycles. The number of hydrogen-bond acceptors (Lipinski definition) is 8. The molecule has 0 bridgehead atoms. The minimum absolute atomic E-state index is 0.106. The van der Waals surface area contributed by atoms with Crippen LogP contribution in [0.4, 0.5) is 13.2 Å².